The first-order chi connectivity index (χ1) is 11.4. The number of hydrogen-bond donors (Lipinski definition) is 4. The molecule has 1 aromatic rings. The number of urea groups is 1. The summed E-state index contributed by atoms with van der Waals surface area (Å²) in [6.07, 6.45) is 2.13. The van der Waals surface area contributed by atoms with Crippen molar-refractivity contribution in [2.24, 2.45) is 0 Å². The topological polar surface area (TPSA) is 116 Å². The smallest absolute Gasteiger partial charge is 0.333 e. The van der Waals surface area contributed by atoms with E-state index in [9.17, 15) is 18.0 Å². The first-order valence-electron chi connectivity index (χ1n) is 7.48. The van der Waals surface area contributed by atoms with E-state index in [1.807, 2.05) is 13.0 Å². The highest BCUT2D eigenvalue weighted by Crippen LogP contribution is 2.02. The highest BCUT2D eigenvalue weighted by Gasteiger charge is 2.08. The quantitative estimate of drug-likeness (QED) is 0.514. The maximum absolute atomic E-state index is 11.8. The first kappa shape index (κ1) is 19.7. The van der Waals surface area contributed by atoms with E-state index in [2.05, 4.69) is 20.9 Å². The lowest BCUT2D eigenvalue weighted by atomic mass is 10.2. The Morgan fingerprint density at radius 2 is 1.79 bits per heavy atom. The van der Waals surface area contributed by atoms with Gasteiger partial charge in [-0.15, -0.1) is 0 Å². The monoisotopic (exact) mass is 354 g/mol. The molecule has 9 heteroatoms. The molecule has 0 aliphatic heterocycles. The van der Waals surface area contributed by atoms with Crippen LogP contribution < -0.4 is 20.9 Å². The van der Waals surface area contributed by atoms with Gasteiger partial charge in [-0.3, -0.25) is 10.2 Å². The molecule has 0 heterocycles. The fourth-order valence-corrected chi connectivity index (χ4v) is 2.38. The molecule has 8 nitrogen and oxygen atoms in total. The van der Waals surface area contributed by atoms with Crippen molar-refractivity contribution in [1.82, 2.24) is 20.9 Å². The van der Waals surface area contributed by atoms with Crippen molar-refractivity contribution in [3.05, 3.63) is 41.3 Å². The standard InChI is InChI=1S/C15H22N4O4S/c1-2-10-16-15(21)19-18-14(20)8-11-17-24(22,23)12-9-13-6-4-3-5-7-13/h3-7,9,12,17H,2,8,10-11H2,1H3,(H,18,20)(H2,16,19,21)/b12-9+. The molecule has 1 rings (SSSR count). The van der Waals surface area contributed by atoms with Crippen LogP contribution in [0.15, 0.2) is 35.7 Å². The molecule has 0 bridgehead atoms. The van der Waals surface area contributed by atoms with E-state index in [1.54, 1.807) is 24.3 Å². The summed E-state index contributed by atoms with van der Waals surface area (Å²) in [5.41, 5.74) is 5.11. The molecule has 0 saturated heterocycles. The van der Waals surface area contributed by atoms with Gasteiger partial charge in [0.25, 0.3) is 0 Å². The summed E-state index contributed by atoms with van der Waals surface area (Å²) in [6, 6.07) is 8.46. The van der Waals surface area contributed by atoms with Crippen LogP contribution in [0, 0.1) is 0 Å². The predicted molar refractivity (Wildman–Crippen MR) is 92.0 cm³/mol. The van der Waals surface area contributed by atoms with E-state index in [4.69, 9.17) is 0 Å². The average molecular weight is 354 g/mol. The third kappa shape index (κ3) is 8.91. The number of nitrogens with one attached hydrogen (secondary N) is 4. The Bertz CT molecular complexity index is 659. The zero-order chi connectivity index (χ0) is 17.8. The Hall–Kier alpha value is -2.39. The van der Waals surface area contributed by atoms with Gasteiger partial charge in [-0.25, -0.2) is 23.4 Å². The summed E-state index contributed by atoms with van der Waals surface area (Å²) >= 11 is 0. The molecule has 0 unspecified atom stereocenters. The SMILES string of the molecule is CCCNC(=O)NNC(=O)CCNS(=O)(=O)/C=C/c1ccccc1. The van der Waals surface area contributed by atoms with Crippen LogP contribution >= 0.6 is 0 Å². The normalized spacial score (nSPS) is 11.2. The number of benzene rings is 1. The minimum atomic E-state index is -3.63. The fourth-order valence-electron chi connectivity index (χ4n) is 1.56. The van der Waals surface area contributed by atoms with Crippen LogP contribution in [0.3, 0.4) is 0 Å². The predicted octanol–water partition coefficient (Wildman–Crippen LogP) is 0.707. The zero-order valence-electron chi connectivity index (χ0n) is 13.4. The lowest BCUT2D eigenvalue weighted by Gasteiger charge is -2.08. The summed E-state index contributed by atoms with van der Waals surface area (Å²) in [5.74, 6) is -0.503. The molecular weight excluding hydrogens is 332 g/mol. The number of carbonyl (C=O) groups is 2. The lowest BCUT2D eigenvalue weighted by Crippen LogP contribution is -2.47. The number of rotatable bonds is 8. The van der Waals surface area contributed by atoms with Crippen molar-refractivity contribution in [3.63, 3.8) is 0 Å². The highest BCUT2D eigenvalue weighted by atomic mass is 32.2. The van der Waals surface area contributed by atoms with Crippen LogP contribution in [0.25, 0.3) is 6.08 Å². The van der Waals surface area contributed by atoms with Gasteiger partial charge in [0.05, 0.1) is 0 Å². The largest absolute Gasteiger partial charge is 0.337 e. The number of sulfonamides is 1. The molecule has 0 radical (unpaired) electrons. The number of amides is 3. The van der Waals surface area contributed by atoms with Gasteiger partial charge < -0.3 is 5.32 Å². The highest BCUT2D eigenvalue weighted by molar-refractivity contribution is 7.92. The third-order valence-corrected chi connectivity index (χ3v) is 3.85. The molecular formula is C15H22N4O4S. The van der Waals surface area contributed by atoms with E-state index in [0.29, 0.717) is 6.54 Å². The van der Waals surface area contributed by atoms with E-state index >= 15 is 0 Å². The maximum Gasteiger partial charge on any atom is 0.333 e. The van der Waals surface area contributed by atoms with Crippen molar-refractivity contribution in [1.29, 1.82) is 0 Å². The van der Waals surface area contributed by atoms with Crippen molar-refractivity contribution < 1.29 is 18.0 Å². The molecule has 4 N–H and O–H groups in total. The molecule has 3 amide bonds. The molecule has 0 aliphatic carbocycles. The van der Waals surface area contributed by atoms with Gasteiger partial charge >= 0.3 is 6.03 Å². The molecule has 0 aliphatic rings. The Balaban J connectivity index is 2.29. The van der Waals surface area contributed by atoms with Crippen LogP contribution in [-0.4, -0.2) is 33.4 Å². The first-order valence-corrected chi connectivity index (χ1v) is 9.03. The second kappa shape index (κ2) is 10.4. The second-order valence-electron chi connectivity index (χ2n) is 4.83. The van der Waals surface area contributed by atoms with Gasteiger partial charge in [0.2, 0.25) is 15.9 Å². The molecule has 1 aromatic carbocycles. The van der Waals surface area contributed by atoms with Crippen LogP contribution in [0.5, 0.6) is 0 Å². The van der Waals surface area contributed by atoms with Crippen molar-refractivity contribution >= 4 is 28.0 Å². The van der Waals surface area contributed by atoms with Gasteiger partial charge in [-0.1, -0.05) is 37.3 Å². The summed E-state index contributed by atoms with van der Waals surface area (Å²) < 4.78 is 25.8. The van der Waals surface area contributed by atoms with E-state index in [0.717, 1.165) is 17.4 Å². The van der Waals surface area contributed by atoms with Crippen molar-refractivity contribution in [3.8, 4) is 0 Å². The Kier molecular flexibility index (Phi) is 8.52. The number of hydrogen-bond acceptors (Lipinski definition) is 4. The molecule has 0 spiro atoms. The van der Waals surface area contributed by atoms with E-state index in [-0.39, 0.29) is 13.0 Å². The van der Waals surface area contributed by atoms with Gasteiger partial charge in [0, 0.05) is 24.9 Å². The Morgan fingerprint density at radius 3 is 2.46 bits per heavy atom. The van der Waals surface area contributed by atoms with Crippen LogP contribution in [0.2, 0.25) is 0 Å². The van der Waals surface area contributed by atoms with Crippen molar-refractivity contribution in [2.45, 2.75) is 19.8 Å². The van der Waals surface area contributed by atoms with Gasteiger partial charge in [-0.05, 0) is 18.1 Å². The third-order valence-electron chi connectivity index (χ3n) is 2.75. The lowest BCUT2D eigenvalue weighted by molar-refractivity contribution is -0.121. The molecule has 0 fully saturated rings. The number of hydrazine groups is 1. The van der Waals surface area contributed by atoms with Crippen LogP contribution in [0.1, 0.15) is 25.3 Å². The Labute approximate surface area is 141 Å². The molecule has 0 saturated carbocycles. The van der Waals surface area contributed by atoms with Gasteiger partial charge in [0.1, 0.15) is 0 Å². The van der Waals surface area contributed by atoms with Gasteiger partial charge in [0.15, 0.2) is 0 Å². The summed E-state index contributed by atoms with van der Waals surface area (Å²) in [6.45, 7) is 2.32. The van der Waals surface area contributed by atoms with Crippen molar-refractivity contribution in [2.75, 3.05) is 13.1 Å². The summed E-state index contributed by atoms with van der Waals surface area (Å²) in [5, 5.41) is 3.55. The molecule has 24 heavy (non-hydrogen) atoms. The fraction of sp³-hybridized carbons (Fsp3) is 0.333. The van der Waals surface area contributed by atoms with E-state index < -0.39 is 22.0 Å². The Morgan fingerprint density at radius 1 is 1.08 bits per heavy atom. The molecule has 0 atom stereocenters. The van der Waals surface area contributed by atoms with Crippen LogP contribution in [-0.2, 0) is 14.8 Å². The summed E-state index contributed by atoms with van der Waals surface area (Å²) in [7, 11) is -3.63. The molecule has 0 aromatic heterocycles. The minimum absolute atomic E-state index is 0.0778. The minimum Gasteiger partial charge on any atom is -0.337 e. The van der Waals surface area contributed by atoms with E-state index in [1.165, 1.54) is 6.08 Å². The summed E-state index contributed by atoms with van der Waals surface area (Å²) in [4.78, 5) is 22.7. The maximum atomic E-state index is 11.8. The molecule has 132 valence electrons. The average Bonchev–Trinajstić information content (AvgIpc) is 2.57. The second-order valence-corrected chi connectivity index (χ2v) is 6.48. The van der Waals surface area contributed by atoms with Crippen LogP contribution in [0.4, 0.5) is 4.79 Å². The van der Waals surface area contributed by atoms with Gasteiger partial charge in [-0.2, -0.15) is 0 Å². The number of carbonyl (C=O) groups excluding carboxylic acids is 2. The zero-order valence-corrected chi connectivity index (χ0v) is 14.2.